The number of aliphatic carboxylic acids is 1. The second kappa shape index (κ2) is 5.35. The van der Waals surface area contributed by atoms with Gasteiger partial charge in [0.1, 0.15) is 0 Å². The van der Waals surface area contributed by atoms with Gasteiger partial charge < -0.3 is 5.11 Å². The fraction of sp³-hybridized carbons (Fsp3) is 0.308. The lowest BCUT2D eigenvalue weighted by Crippen LogP contribution is -2.15. The van der Waals surface area contributed by atoms with Gasteiger partial charge in [0.25, 0.3) is 0 Å². The first kappa shape index (κ1) is 11.5. The predicted octanol–water partition coefficient (Wildman–Crippen LogP) is 2.90. The van der Waals surface area contributed by atoms with Gasteiger partial charge in [-0.05, 0) is 25.3 Å². The number of carbonyl (C=O) groups is 1. The molecule has 0 radical (unpaired) electrons. The van der Waals surface area contributed by atoms with Gasteiger partial charge in [-0.15, -0.1) is 0 Å². The minimum absolute atomic E-state index is 0.426. The van der Waals surface area contributed by atoms with E-state index in [1.807, 2.05) is 30.3 Å². The predicted molar refractivity (Wildman–Crippen MR) is 60.7 cm³/mol. The number of hydrogen-bond donors (Lipinski definition) is 1. The van der Waals surface area contributed by atoms with Crippen molar-refractivity contribution in [3.05, 3.63) is 48.0 Å². The molecule has 0 fully saturated rings. The first-order chi connectivity index (χ1) is 7.11. The molecule has 1 rings (SSSR count). The van der Waals surface area contributed by atoms with Gasteiger partial charge in [0.05, 0.1) is 5.92 Å². The fourth-order valence-corrected chi connectivity index (χ4v) is 1.54. The van der Waals surface area contributed by atoms with E-state index in [0.717, 1.165) is 12.0 Å². The van der Waals surface area contributed by atoms with Crippen molar-refractivity contribution in [1.29, 1.82) is 0 Å². The Labute approximate surface area is 90.3 Å². The summed E-state index contributed by atoms with van der Waals surface area (Å²) in [4.78, 5) is 10.9. The van der Waals surface area contributed by atoms with Crippen LogP contribution in [0.25, 0.3) is 0 Å². The van der Waals surface area contributed by atoms with E-state index >= 15 is 0 Å². The molecule has 0 aromatic heterocycles. The molecule has 0 aliphatic rings. The molecular weight excluding hydrogens is 188 g/mol. The minimum Gasteiger partial charge on any atom is -0.481 e. The van der Waals surface area contributed by atoms with Crippen LogP contribution in [0.4, 0.5) is 0 Å². The van der Waals surface area contributed by atoms with Gasteiger partial charge in [-0.2, -0.15) is 0 Å². The molecule has 0 aliphatic carbocycles. The van der Waals surface area contributed by atoms with E-state index in [-0.39, 0.29) is 0 Å². The third-order valence-corrected chi connectivity index (χ3v) is 2.46. The Morgan fingerprint density at radius 1 is 1.40 bits per heavy atom. The molecule has 0 amide bonds. The zero-order valence-corrected chi connectivity index (χ0v) is 8.94. The average Bonchev–Trinajstić information content (AvgIpc) is 2.18. The van der Waals surface area contributed by atoms with Crippen molar-refractivity contribution in [1.82, 2.24) is 0 Å². The Hall–Kier alpha value is -1.57. The average molecular weight is 204 g/mol. The number of rotatable bonds is 5. The van der Waals surface area contributed by atoms with E-state index in [1.54, 1.807) is 6.92 Å². The standard InChI is InChI=1S/C13H16O2/c1-10(2)12(13(14)15)9-8-11-6-4-3-5-7-11/h3-7,12H,1,8-9H2,2H3,(H,14,15). The highest BCUT2D eigenvalue weighted by atomic mass is 16.4. The number of hydrogen-bond acceptors (Lipinski definition) is 1. The van der Waals surface area contributed by atoms with Crippen LogP contribution < -0.4 is 0 Å². The zero-order valence-electron chi connectivity index (χ0n) is 8.94. The molecule has 0 aliphatic heterocycles. The van der Waals surface area contributed by atoms with Gasteiger partial charge in [0.15, 0.2) is 0 Å². The summed E-state index contributed by atoms with van der Waals surface area (Å²) in [6.45, 7) is 5.48. The second-order valence-corrected chi connectivity index (χ2v) is 3.76. The number of benzene rings is 1. The van der Waals surface area contributed by atoms with Gasteiger partial charge in [-0.3, -0.25) is 4.79 Å². The molecule has 1 aromatic rings. The Morgan fingerprint density at radius 3 is 2.47 bits per heavy atom. The van der Waals surface area contributed by atoms with Gasteiger partial charge in [-0.1, -0.05) is 42.5 Å². The summed E-state index contributed by atoms with van der Waals surface area (Å²) >= 11 is 0. The number of carboxylic acids is 1. The van der Waals surface area contributed by atoms with Crippen LogP contribution in [0.1, 0.15) is 18.9 Å². The third-order valence-electron chi connectivity index (χ3n) is 2.46. The van der Waals surface area contributed by atoms with Crippen LogP contribution >= 0.6 is 0 Å². The second-order valence-electron chi connectivity index (χ2n) is 3.76. The minimum atomic E-state index is -0.779. The normalized spacial score (nSPS) is 12.1. The van der Waals surface area contributed by atoms with Crippen LogP contribution in [0.3, 0.4) is 0 Å². The topological polar surface area (TPSA) is 37.3 Å². The molecular formula is C13H16O2. The lowest BCUT2D eigenvalue weighted by Gasteiger charge is -2.11. The lowest BCUT2D eigenvalue weighted by atomic mass is 9.94. The van der Waals surface area contributed by atoms with Crippen molar-refractivity contribution in [2.45, 2.75) is 19.8 Å². The van der Waals surface area contributed by atoms with Gasteiger partial charge in [0.2, 0.25) is 0 Å². The molecule has 1 aromatic carbocycles. The smallest absolute Gasteiger partial charge is 0.310 e. The summed E-state index contributed by atoms with van der Waals surface area (Å²) in [6.07, 6.45) is 1.40. The maximum Gasteiger partial charge on any atom is 0.310 e. The zero-order chi connectivity index (χ0) is 11.3. The van der Waals surface area contributed by atoms with Crippen molar-refractivity contribution >= 4 is 5.97 Å². The summed E-state index contributed by atoms with van der Waals surface area (Å²) in [5, 5.41) is 8.96. The molecule has 0 bridgehead atoms. The molecule has 1 unspecified atom stereocenters. The molecule has 0 saturated heterocycles. The number of aryl methyl sites for hydroxylation is 1. The van der Waals surface area contributed by atoms with E-state index in [0.29, 0.717) is 6.42 Å². The maximum atomic E-state index is 10.9. The number of carboxylic acid groups (broad SMARTS) is 1. The molecule has 15 heavy (non-hydrogen) atoms. The Balaban J connectivity index is 2.55. The van der Waals surface area contributed by atoms with E-state index < -0.39 is 11.9 Å². The van der Waals surface area contributed by atoms with Crippen LogP contribution in [0.2, 0.25) is 0 Å². The Morgan fingerprint density at radius 2 is 2.00 bits per heavy atom. The highest BCUT2D eigenvalue weighted by molar-refractivity contribution is 5.73. The van der Waals surface area contributed by atoms with Gasteiger partial charge >= 0.3 is 5.97 Å². The first-order valence-electron chi connectivity index (χ1n) is 5.03. The van der Waals surface area contributed by atoms with Crippen LogP contribution in [0.5, 0.6) is 0 Å². The quantitative estimate of drug-likeness (QED) is 0.749. The molecule has 0 saturated carbocycles. The van der Waals surface area contributed by atoms with Crippen LogP contribution in [-0.2, 0) is 11.2 Å². The van der Waals surface area contributed by atoms with Crippen LogP contribution in [0, 0.1) is 5.92 Å². The molecule has 2 heteroatoms. The monoisotopic (exact) mass is 204 g/mol. The Bertz CT molecular complexity index is 327. The van der Waals surface area contributed by atoms with Crippen molar-refractivity contribution in [3.63, 3.8) is 0 Å². The summed E-state index contributed by atoms with van der Waals surface area (Å²) < 4.78 is 0. The molecule has 1 N–H and O–H groups in total. The summed E-state index contributed by atoms with van der Waals surface area (Å²) in [5.41, 5.74) is 1.89. The van der Waals surface area contributed by atoms with Crippen LogP contribution in [-0.4, -0.2) is 11.1 Å². The summed E-state index contributed by atoms with van der Waals surface area (Å²) in [6, 6.07) is 9.91. The molecule has 2 nitrogen and oxygen atoms in total. The largest absolute Gasteiger partial charge is 0.481 e. The van der Waals surface area contributed by atoms with Crippen LogP contribution in [0.15, 0.2) is 42.5 Å². The van der Waals surface area contributed by atoms with Crippen molar-refractivity contribution in [3.8, 4) is 0 Å². The molecule has 1 atom stereocenters. The van der Waals surface area contributed by atoms with E-state index in [2.05, 4.69) is 6.58 Å². The van der Waals surface area contributed by atoms with Gasteiger partial charge in [-0.25, -0.2) is 0 Å². The van der Waals surface area contributed by atoms with Crippen molar-refractivity contribution < 1.29 is 9.90 Å². The molecule has 0 spiro atoms. The summed E-state index contributed by atoms with van der Waals surface area (Å²) in [7, 11) is 0. The Kier molecular flexibility index (Phi) is 4.10. The highest BCUT2D eigenvalue weighted by Gasteiger charge is 2.17. The molecule has 0 heterocycles. The maximum absolute atomic E-state index is 10.9. The third kappa shape index (κ3) is 3.58. The van der Waals surface area contributed by atoms with E-state index in [4.69, 9.17) is 5.11 Å². The van der Waals surface area contributed by atoms with E-state index in [9.17, 15) is 4.79 Å². The highest BCUT2D eigenvalue weighted by Crippen LogP contribution is 2.16. The van der Waals surface area contributed by atoms with Crippen molar-refractivity contribution in [2.24, 2.45) is 5.92 Å². The van der Waals surface area contributed by atoms with Crippen molar-refractivity contribution in [2.75, 3.05) is 0 Å². The SMILES string of the molecule is C=C(C)C(CCc1ccccc1)C(=O)O. The molecule has 80 valence electrons. The lowest BCUT2D eigenvalue weighted by molar-refractivity contribution is -0.140. The summed E-state index contributed by atoms with van der Waals surface area (Å²) in [5.74, 6) is -1.20. The fourth-order valence-electron chi connectivity index (χ4n) is 1.54. The first-order valence-corrected chi connectivity index (χ1v) is 5.03. The van der Waals surface area contributed by atoms with Gasteiger partial charge in [0, 0.05) is 0 Å². The van der Waals surface area contributed by atoms with E-state index in [1.165, 1.54) is 5.56 Å².